The summed E-state index contributed by atoms with van der Waals surface area (Å²) in [6.07, 6.45) is 1.09. The van der Waals surface area contributed by atoms with Crippen molar-refractivity contribution in [3.8, 4) is 0 Å². The third-order valence-electron chi connectivity index (χ3n) is 3.51. The van der Waals surface area contributed by atoms with Crippen molar-refractivity contribution < 1.29 is 4.92 Å². The normalized spacial score (nSPS) is 11.0. The molecule has 24 heavy (non-hydrogen) atoms. The summed E-state index contributed by atoms with van der Waals surface area (Å²) in [6.45, 7) is 6.24. The zero-order valence-electron chi connectivity index (χ0n) is 13.6. The molecule has 0 atom stereocenters. The third kappa shape index (κ3) is 4.52. The van der Waals surface area contributed by atoms with Crippen LogP contribution < -0.4 is 4.90 Å². The first-order chi connectivity index (χ1) is 11.5. The van der Waals surface area contributed by atoms with Gasteiger partial charge in [-0.15, -0.1) is 5.11 Å². The van der Waals surface area contributed by atoms with E-state index in [2.05, 4.69) is 29.0 Å². The molecule has 0 unspecified atom stereocenters. The van der Waals surface area contributed by atoms with Gasteiger partial charge in [-0.3, -0.25) is 10.1 Å². The summed E-state index contributed by atoms with van der Waals surface area (Å²) in [7, 11) is 0. The Morgan fingerprint density at radius 1 is 1.12 bits per heavy atom. The lowest BCUT2D eigenvalue weighted by atomic mass is 10.2. The first-order valence-electron chi connectivity index (χ1n) is 7.75. The van der Waals surface area contributed by atoms with Crippen LogP contribution in [0.15, 0.2) is 52.7 Å². The van der Waals surface area contributed by atoms with E-state index < -0.39 is 4.92 Å². The van der Waals surface area contributed by atoms with Crippen molar-refractivity contribution >= 4 is 34.4 Å². The highest BCUT2D eigenvalue weighted by molar-refractivity contribution is 6.33. The second-order valence-electron chi connectivity index (χ2n) is 5.19. The first kappa shape index (κ1) is 17.9. The Balaban J connectivity index is 2.13. The second-order valence-corrected chi connectivity index (χ2v) is 5.60. The number of azo groups is 1. The predicted molar refractivity (Wildman–Crippen MR) is 96.9 cm³/mol. The van der Waals surface area contributed by atoms with Crippen molar-refractivity contribution in [3.05, 3.63) is 57.6 Å². The second kappa shape index (κ2) is 8.40. The Hall–Kier alpha value is -2.47. The quantitative estimate of drug-likeness (QED) is 0.356. The zero-order valence-corrected chi connectivity index (χ0v) is 14.4. The van der Waals surface area contributed by atoms with Crippen molar-refractivity contribution in [1.29, 1.82) is 0 Å². The van der Waals surface area contributed by atoms with Crippen LogP contribution in [0.1, 0.15) is 20.3 Å². The van der Waals surface area contributed by atoms with E-state index in [9.17, 15) is 10.1 Å². The highest BCUT2D eigenvalue weighted by Crippen LogP contribution is 2.30. The average Bonchev–Trinajstić information content (AvgIpc) is 2.59. The van der Waals surface area contributed by atoms with Gasteiger partial charge in [0.1, 0.15) is 5.69 Å². The van der Waals surface area contributed by atoms with Gasteiger partial charge in [0.25, 0.3) is 5.69 Å². The summed E-state index contributed by atoms with van der Waals surface area (Å²) >= 11 is 6.00. The molecular formula is C17H19ClN4O2. The third-order valence-corrected chi connectivity index (χ3v) is 3.81. The number of anilines is 1. The molecule has 7 heteroatoms. The molecule has 0 saturated heterocycles. The summed E-state index contributed by atoms with van der Waals surface area (Å²) < 4.78 is 0. The Labute approximate surface area is 145 Å². The van der Waals surface area contributed by atoms with Crippen molar-refractivity contribution in [2.24, 2.45) is 10.2 Å². The number of hydrogen-bond donors (Lipinski definition) is 0. The molecule has 6 nitrogen and oxygen atoms in total. The SMILES string of the molecule is CCCN(CC)c1ccc(N=Nc2ccc([N+](=O)[O-])cc2Cl)cc1. The van der Waals surface area contributed by atoms with Crippen LogP contribution in [0.3, 0.4) is 0 Å². The molecule has 0 fully saturated rings. The van der Waals surface area contributed by atoms with Gasteiger partial charge in [-0.1, -0.05) is 18.5 Å². The van der Waals surface area contributed by atoms with Crippen LogP contribution in [0.2, 0.25) is 5.02 Å². The number of nitrogens with zero attached hydrogens (tertiary/aromatic N) is 4. The molecule has 0 radical (unpaired) electrons. The summed E-state index contributed by atoms with van der Waals surface area (Å²) in [5.41, 5.74) is 2.17. The van der Waals surface area contributed by atoms with E-state index in [0.29, 0.717) is 11.4 Å². The standard InChI is InChI=1S/C17H19ClN4O2/c1-3-11-21(4-2)14-7-5-13(6-8-14)19-20-17-10-9-15(22(23)24)12-16(17)18/h5-10,12H,3-4,11H2,1-2H3. The molecule has 0 amide bonds. The van der Waals surface area contributed by atoms with E-state index >= 15 is 0 Å². The molecule has 0 spiro atoms. The van der Waals surface area contributed by atoms with E-state index in [-0.39, 0.29) is 10.7 Å². The summed E-state index contributed by atoms with van der Waals surface area (Å²) in [5, 5.41) is 19.1. The fourth-order valence-electron chi connectivity index (χ4n) is 2.27. The van der Waals surface area contributed by atoms with E-state index in [4.69, 9.17) is 11.6 Å². The summed E-state index contributed by atoms with van der Waals surface area (Å²) in [5.74, 6) is 0. The van der Waals surface area contributed by atoms with E-state index in [1.54, 1.807) is 0 Å². The smallest absolute Gasteiger partial charge is 0.271 e. The van der Waals surface area contributed by atoms with Gasteiger partial charge in [0.2, 0.25) is 0 Å². The van der Waals surface area contributed by atoms with Crippen LogP contribution in [0.25, 0.3) is 0 Å². The maximum Gasteiger partial charge on any atom is 0.271 e. The average molecular weight is 347 g/mol. The molecule has 0 heterocycles. The van der Waals surface area contributed by atoms with Gasteiger partial charge in [-0.05, 0) is 43.7 Å². The minimum atomic E-state index is -0.499. The van der Waals surface area contributed by atoms with Crippen LogP contribution in [0.4, 0.5) is 22.7 Å². The Kier molecular flexibility index (Phi) is 6.26. The minimum Gasteiger partial charge on any atom is -0.372 e. The Morgan fingerprint density at radius 2 is 1.83 bits per heavy atom. The highest BCUT2D eigenvalue weighted by atomic mass is 35.5. The molecule has 2 rings (SSSR count). The van der Waals surface area contributed by atoms with Crippen molar-refractivity contribution in [3.63, 3.8) is 0 Å². The van der Waals surface area contributed by atoms with Gasteiger partial charge in [0.05, 0.1) is 15.6 Å². The Bertz CT molecular complexity index is 732. The number of nitro benzene ring substituents is 1. The molecular weight excluding hydrogens is 328 g/mol. The number of rotatable bonds is 7. The number of non-ortho nitro benzene ring substituents is 1. The summed E-state index contributed by atoms with van der Waals surface area (Å²) in [6, 6.07) is 11.9. The molecule has 2 aromatic carbocycles. The van der Waals surface area contributed by atoms with Crippen molar-refractivity contribution in [2.45, 2.75) is 20.3 Å². The number of nitro groups is 1. The molecule has 0 aliphatic carbocycles. The Morgan fingerprint density at radius 3 is 2.38 bits per heavy atom. The topological polar surface area (TPSA) is 71.1 Å². The van der Waals surface area contributed by atoms with E-state index in [0.717, 1.165) is 25.2 Å². The van der Waals surface area contributed by atoms with Crippen LogP contribution in [-0.2, 0) is 0 Å². The maximum absolute atomic E-state index is 10.7. The van der Waals surface area contributed by atoms with Gasteiger partial charge >= 0.3 is 0 Å². The predicted octanol–water partition coefficient (Wildman–Crippen LogP) is 5.90. The van der Waals surface area contributed by atoms with E-state index in [1.807, 2.05) is 24.3 Å². The van der Waals surface area contributed by atoms with Crippen LogP contribution in [0, 0.1) is 10.1 Å². The lowest BCUT2D eigenvalue weighted by molar-refractivity contribution is -0.384. The van der Waals surface area contributed by atoms with Crippen LogP contribution >= 0.6 is 11.6 Å². The maximum atomic E-state index is 10.7. The molecule has 0 bridgehead atoms. The van der Waals surface area contributed by atoms with E-state index in [1.165, 1.54) is 18.2 Å². The largest absolute Gasteiger partial charge is 0.372 e. The molecule has 2 aromatic rings. The number of halogens is 1. The lowest BCUT2D eigenvalue weighted by Crippen LogP contribution is -2.23. The molecule has 0 N–H and O–H groups in total. The molecule has 0 saturated carbocycles. The molecule has 126 valence electrons. The molecule has 0 aliphatic heterocycles. The van der Waals surface area contributed by atoms with Gasteiger partial charge in [-0.25, -0.2) is 0 Å². The van der Waals surface area contributed by atoms with Gasteiger partial charge < -0.3 is 4.90 Å². The fourth-order valence-corrected chi connectivity index (χ4v) is 2.48. The van der Waals surface area contributed by atoms with Gasteiger partial charge in [0, 0.05) is 30.9 Å². The lowest BCUT2D eigenvalue weighted by Gasteiger charge is -2.22. The monoisotopic (exact) mass is 346 g/mol. The highest BCUT2D eigenvalue weighted by Gasteiger charge is 2.09. The van der Waals surface area contributed by atoms with Crippen LogP contribution in [-0.4, -0.2) is 18.0 Å². The fraction of sp³-hybridized carbons (Fsp3) is 0.294. The zero-order chi connectivity index (χ0) is 17.5. The van der Waals surface area contributed by atoms with Gasteiger partial charge in [0.15, 0.2) is 0 Å². The van der Waals surface area contributed by atoms with Crippen LogP contribution in [0.5, 0.6) is 0 Å². The van der Waals surface area contributed by atoms with Crippen molar-refractivity contribution in [1.82, 2.24) is 0 Å². The van der Waals surface area contributed by atoms with Gasteiger partial charge in [-0.2, -0.15) is 5.11 Å². The van der Waals surface area contributed by atoms with Crippen molar-refractivity contribution in [2.75, 3.05) is 18.0 Å². The number of hydrogen-bond acceptors (Lipinski definition) is 5. The summed E-state index contributed by atoms with van der Waals surface area (Å²) in [4.78, 5) is 12.5. The number of benzene rings is 2. The minimum absolute atomic E-state index is 0.0705. The molecule has 0 aromatic heterocycles. The molecule has 0 aliphatic rings. The first-order valence-corrected chi connectivity index (χ1v) is 8.13.